The lowest BCUT2D eigenvalue weighted by atomic mass is 9.95. The Kier molecular flexibility index (Phi) is 2.31. The molecule has 2 heterocycles. The molecule has 1 saturated carbocycles. The highest BCUT2D eigenvalue weighted by atomic mass is 32.1. The minimum atomic E-state index is -0.00275. The van der Waals surface area contributed by atoms with Crippen LogP contribution < -0.4 is 5.32 Å². The second-order valence-electron chi connectivity index (χ2n) is 4.74. The Balaban J connectivity index is 1.62. The summed E-state index contributed by atoms with van der Waals surface area (Å²) in [5.74, 6) is 0. The van der Waals surface area contributed by atoms with E-state index < -0.39 is 0 Å². The summed E-state index contributed by atoms with van der Waals surface area (Å²) in [6.45, 7) is 1.80. The van der Waals surface area contributed by atoms with Crippen molar-refractivity contribution in [3.63, 3.8) is 0 Å². The van der Waals surface area contributed by atoms with Crippen molar-refractivity contribution in [2.75, 3.05) is 18.4 Å². The summed E-state index contributed by atoms with van der Waals surface area (Å²) < 4.78 is 3.72. The highest BCUT2D eigenvalue weighted by molar-refractivity contribution is 7.10. The maximum absolute atomic E-state index is 11.9. The molecule has 0 bridgehead atoms. The number of nitrogens with one attached hydrogen (secondary N) is 1. The van der Waals surface area contributed by atoms with Gasteiger partial charge in [-0.3, -0.25) is 5.32 Å². The summed E-state index contributed by atoms with van der Waals surface area (Å²) in [7, 11) is 0. The maximum atomic E-state index is 11.9. The van der Waals surface area contributed by atoms with Crippen LogP contribution in [-0.4, -0.2) is 33.6 Å². The van der Waals surface area contributed by atoms with Crippen LogP contribution in [0.1, 0.15) is 25.7 Å². The van der Waals surface area contributed by atoms with Crippen LogP contribution in [-0.2, 0) is 0 Å². The van der Waals surface area contributed by atoms with E-state index in [1.54, 1.807) is 6.20 Å². The van der Waals surface area contributed by atoms with Crippen LogP contribution >= 0.6 is 11.5 Å². The van der Waals surface area contributed by atoms with E-state index in [-0.39, 0.29) is 6.03 Å². The first-order valence-corrected chi connectivity index (χ1v) is 6.38. The molecule has 86 valence electrons. The van der Waals surface area contributed by atoms with Gasteiger partial charge in [-0.15, -0.1) is 5.10 Å². The van der Waals surface area contributed by atoms with Gasteiger partial charge in [0.15, 0.2) is 0 Å². The first kappa shape index (κ1) is 10.0. The predicted octanol–water partition coefficient (Wildman–Crippen LogP) is 1.95. The molecule has 0 atom stereocenters. The molecule has 1 aliphatic heterocycles. The van der Waals surface area contributed by atoms with Crippen molar-refractivity contribution in [3.8, 4) is 0 Å². The lowest BCUT2D eigenvalue weighted by molar-refractivity contribution is 0.170. The molecule has 1 aromatic rings. The van der Waals surface area contributed by atoms with Crippen molar-refractivity contribution in [1.29, 1.82) is 0 Å². The fourth-order valence-corrected chi connectivity index (χ4v) is 2.78. The number of hydrogen-bond donors (Lipinski definition) is 1. The van der Waals surface area contributed by atoms with Gasteiger partial charge in [0.1, 0.15) is 5.00 Å². The Morgan fingerprint density at radius 3 is 3.06 bits per heavy atom. The van der Waals surface area contributed by atoms with Gasteiger partial charge in [-0.2, -0.15) is 0 Å². The van der Waals surface area contributed by atoms with Gasteiger partial charge < -0.3 is 4.90 Å². The van der Waals surface area contributed by atoms with Crippen LogP contribution in [0, 0.1) is 5.41 Å². The zero-order valence-electron chi connectivity index (χ0n) is 8.98. The molecule has 1 saturated heterocycles. The molecular weight excluding hydrogens is 224 g/mol. The summed E-state index contributed by atoms with van der Waals surface area (Å²) in [5, 5.41) is 7.26. The minimum Gasteiger partial charge on any atom is -0.324 e. The zero-order valence-corrected chi connectivity index (χ0v) is 9.79. The molecule has 2 amide bonds. The van der Waals surface area contributed by atoms with Gasteiger partial charge in [0, 0.05) is 24.6 Å². The minimum absolute atomic E-state index is 0.00275. The third kappa shape index (κ3) is 1.89. The Bertz CT molecular complexity index is 388. The third-order valence-corrected chi connectivity index (χ3v) is 4.08. The smallest absolute Gasteiger partial charge is 0.322 e. The van der Waals surface area contributed by atoms with E-state index in [0.717, 1.165) is 24.5 Å². The second kappa shape index (κ2) is 3.69. The van der Waals surface area contributed by atoms with Crippen molar-refractivity contribution in [3.05, 3.63) is 6.20 Å². The SMILES string of the molecule is O=C(Nc1cnns1)N1CCCC2(CC2)C1. The lowest BCUT2D eigenvalue weighted by Gasteiger charge is -2.32. The van der Waals surface area contributed by atoms with Gasteiger partial charge >= 0.3 is 6.03 Å². The molecule has 2 aliphatic rings. The molecule has 16 heavy (non-hydrogen) atoms. The largest absolute Gasteiger partial charge is 0.324 e. The molecule has 1 N–H and O–H groups in total. The third-order valence-electron chi connectivity index (χ3n) is 3.50. The van der Waals surface area contributed by atoms with E-state index in [9.17, 15) is 4.79 Å². The first-order chi connectivity index (χ1) is 7.77. The van der Waals surface area contributed by atoms with Crippen LogP contribution in [0.25, 0.3) is 0 Å². The predicted molar refractivity (Wildman–Crippen MR) is 61.4 cm³/mol. The van der Waals surface area contributed by atoms with E-state index in [1.807, 2.05) is 4.90 Å². The highest BCUT2D eigenvalue weighted by Gasteiger charge is 2.46. The van der Waals surface area contributed by atoms with Gasteiger partial charge in [-0.25, -0.2) is 4.79 Å². The van der Waals surface area contributed by atoms with Gasteiger partial charge in [0.25, 0.3) is 0 Å². The molecule has 0 aromatic carbocycles. The molecule has 6 heteroatoms. The van der Waals surface area contributed by atoms with E-state index in [1.165, 1.54) is 30.8 Å². The summed E-state index contributed by atoms with van der Waals surface area (Å²) in [6.07, 6.45) is 6.59. The normalized spacial score (nSPS) is 22.1. The van der Waals surface area contributed by atoms with Crippen LogP contribution in [0.15, 0.2) is 6.20 Å². The van der Waals surface area contributed by atoms with E-state index in [0.29, 0.717) is 5.41 Å². The number of carbonyl (C=O) groups is 1. The van der Waals surface area contributed by atoms with Gasteiger partial charge in [-0.1, -0.05) is 4.49 Å². The topological polar surface area (TPSA) is 58.1 Å². The van der Waals surface area contributed by atoms with E-state index >= 15 is 0 Å². The van der Waals surface area contributed by atoms with Crippen molar-refractivity contribution in [2.24, 2.45) is 5.41 Å². The Hall–Kier alpha value is -1.17. The molecule has 5 nitrogen and oxygen atoms in total. The average Bonchev–Trinajstić information content (AvgIpc) is 2.83. The van der Waals surface area contributed by atoms with Crippen molar-refractivity contribution < 1.29 is 4.79 Å². The molecule has 1 aliphatic carbocycles. The number of rotatable bonds is 1. The van der Waals surface area contributed by atoms with Crippen molar-refractivity contribution >= 4 is 22.6 Å². The van der Waals surface area contributed by atoms with Gasteiger partial charge in [-0.05, 0) is 31.1 Å². The highest BCUT2D eigenvalue weighted by Crippen LogP contribution is 2.52. The number of piperidine rings is 1. The second-order valence-corrected chi connectivity index (χ2v) is 5.52. The molecular formula is C10H14N4OS. The number of aromatic nitrogens is 2. The average molecular weight is 238 g/mol. The number of hydrogen-bond acceptors (Lipinski definition) is 4. The van der Waals surface area contributed by atoms with Crippen LogP contribution in [0.3, 0.4) is 0 Å². The molecule has 1 aromatic heterocycles. The lowest BCUT2D eigenvalue weighted by Crippen LogP contribution is -2.42. The number of anilines is 1. The maximum Gasteiger partial charge on any atom is 0.322 e. The van der Waals surface area contributed by atoms with Crippen LogP contribution in [0.2, 0.25) is 0 Å². The summed E-state index contributed by atoms with van der Waals surface area (Å²) in [6, 6.07) is -0.00275. The molecule has 3 rings (SSSR count). The first-order valence-electron chi connectivity index (χ1n) is 5.61. The Labute approximate surface area is 98.0 Å². The van der Waals surface area contributed by atoms with E-state index in [4.69, 9.17) is 0 Å². The number of urea groups is 1. The summed E-state index contributed by atoms with van der Waals surface area (Å²) >= 11 is 1.21. The number of likely N-dealkylation sites (tertiary alicyclic amines) is 1. The number of amides is 2. The Morgan fingerprint density at radius 1 is 1.50 bits per heavy atom. The van der Waals surface area contributed by atoms with E-state index in [2.05, 4.69) is 14.9 Å². The zero-order chi connectivity index (χ0) is 11.0. The van der Waals surface area contributed by atoms with Crippen molar-refractivity contribution in [1.82, 2.24) is 14.5 Å². The summed E-state index contributed by atoms with van der Waals surface area (Å²) in [5.41, 5.74) is 0.474. The molecule has 0 unspecified atom stereocenters. The summed E-state index contributed by atoms with van der Waals surface area (Å²) in [4.78, 5) is 13.9. The number of carbonyl (C=O) groups excluding carboxylic acids is 1. The van der Waals surface area contributed by atoms with Gasteiger partial charge in [0.2, 0.25) is 0 Å². The Morgan fingerprint density at radius 2 is 2.38 bits per heavy atom. The fraction of sp³-hybridized carbons (Fsp3) is 0.700. The molecule has 2 fully saturated rings. The quantitative estimate of drug-likeness (QED) is 0.813. The van der Waals surface area contributed by atoms with Crippen LogP contribution in [0.5, 0.6) is 0 Å². The van der Waals surface area contributed by atoms with Crippen molar-refractivity contribution in [2.45, 2.75) is 25.7 Å². The standard InChI is InChI=1S/C10H14N4OS/c15-9(12-8-6-11-13-16-8)14-5-1-2-10(7-14)3-4-10/h6H,1-5,7H2,(H,12,15). The van der Waals surface area contributed by atoms with Crippen LogP contribution in [0.4, 0.5) is 9.80 Å². The monoisotopic (exact) mass is 238 g/mol. The molecule has 0 radical (unpaired) electrons. The molecule has 1 spiro atoms. The fourth-order valence-electron chi connectivity index (χ4n) is 2.37. The number of nitrogens with zero attached hydrogens (tertiary/aromatic N) is 3. The van der Waals surface area contributed by atoms with Gasteiger partial charge in [0.05, 0.1) is 6.20 Å².